The molecule has 0 aliphatic heterocycles. The molecule has 0 heterocycles. The SMILES string of the molecule is CCCCN(CCO)Cc1ccc(C)c([N+](=O)[O-])c1. The van der Waals surface area contributed by atoms with Crippen LogP contribution in [-0.2, 0) is 6.54 Å². The van der Waals surface area contributed by atoms with Crippen LogP contribution in [0.25, 0.3) is 0 Å². The maximum atomic E-state index is 10.9. The molecule has 1 aromatic carbocycles. The summed E-state index contributed by atoms with van der Waals surface area (Å²) in [5, 5.41) is 20.0. The fourth-order valence-corrected chi connectivity index (χ4v) is 2.00. The molecule has 1 N–H and O–H groups in total. The first-order valence-electron chi connectivity index (χ1n) is 6.65. The smallest absolute Gasteiger partial charge is 0.272 e. The lowest BCUT2D eigenvalue weighted by molar-refractivity contribution is -0.385. The normalized spacial score (nSPS) is 10.9. The molecule has 19 heavy (non-hydrogen) atoms. The van der Waals surface area contributed by atoms with Crippen LogP contribution in [0.5, 0.6) is 0 Å². The lowest BCUT2D eigenvalue weighted by atomic mass is 10.1. The van der Waals surface area contributed by atoms with Crippen LogP contribution in [0, 0.1) is 17.0 Å². The Balaban J connectivity index is 2.78. The summed E-state index contributed by atoms with van der Waals surface area (Å²) in [6.45, 7) is 6.11. The molecule has 0 aliphatic rings. The number of unbranched alkanes of at least 4 members (excludes halogenated alkanes) is 1. The summed E-state index contributed by atoms with van der Waals surface area (Å²) >= 11 is 0. The Morgan fingerprint density at radius 2 is 2.11 bits per heavy atom. The number of aliphatic hydroxyl groups is 1. The maximum Gasteiger partial charge on any atom is 0.272 e. The van der Waals surface area contributed by atoms with Crippen molar-refractivity contribution in [1.82, 2.24) is 4.90 Å². The van der Waals surface area contributed by atoms with E-state index in [9.17, 15) is 10.1 Å². The molecule has 0 spiro atoms. The van der Waals surface area contributed by atoms with E-state index < -0.39 is 0 Å². The van der Waals surface area contributed by atoms with Crippen LogP contribution in [0.1, 0.15) is 30.9 Å². The van der Waals surface area contributed by atoms with Gasteiger partial charge in [-0.2, -0.15) is 0 Å². The first kappa shape index (κ1) is 15.6. The Hall–Kier alpha value is -1.46. The molecule has 5 nitrogen and oxygen atoms in total. The number of hydrogen-bond donors (Lipinski definition) is 1. The van der Waals surface area contributed by atoms with Gasteiger partial charge in [-0.3, -0.25) is 15.0 Å². The zero-order valence-electron chi connectivity index (χ0n) is 11.6. The van der Waals surface area contributed by atoms with Crippen LogP contribution in [0.4, 0.5) is 5.69 Å². The summed E-state index contributed by atoms with van der Waals surface area (Å²) in [5.41, 5.74) is 1.76. The highest BCUT2D eigenvalue weighted by Crippen LogP contribution is 2.20. The molecule has 0 radical (unpaired) electrons. The summed E-state index contributed by atoms with van der Waals surface area (Å²) in [6.07, 6.45) is 2.16. The second-order valence-corrected chi connectivity index (χ2v) is 4.73. The first-order chi connectivity index (χ1) is 9.08. The number of rotatable bonds is 8. The molecule has 0 aliphatic carbocycles. The van der Waals surface area contributed by atoms with Crippen LogP contribution in [0.3, 0.4) is 0 Å². The number of hydrogen-bond acceptors (Lipinski definition) is 4. The van der Waals surface area contributed by atoms with E-state index in [-0.39, 0.29) is 17.2 Å². The third kappa shape index (κ3) is 4.96. The van der Waals surface area contributed by atoms with Gasteiger partial charge in [-0.15, -0.1) is 0 Å². The van der Waals surface area contributed by atoms with Gasteiger partial charge in [-0.1, -0.05) is 25.5 Å². The van der Waals surface area contributed by atoms with E-state index >= 15 is 0 Å². The Morgan fingerprint density at radius 3 is 2.68 bits per heavy atom. The van der Waals surface area contributed by atoms with E-state index in [0.29, 0.717) is 18.7 Å². The van der Waals surface area contributed by atoms with Gasteiger partial charge >= 0.3 is 0 Å². The molecular formula is C14H22N2O3. The molecule has 0 atom stereocenters. The summed E-state index contributed by atoms with van der Waals surface area (Å²) < 4.78 is 0. The predicted octanol–water partition coefficient (Wildman–Crippen LogP) is 2.50. The molecule has 1 aromatic rings. The van der Waals surface area contributed by atoms with Crippen molar-refractivity contribution in [1.29, 1.82) is 0 Å². The fourth-order valence-electron chi connectivity index (χ4n) is 2.00. The van der Waals surface area contributed by atoms with E-state index in [0.717, 1.165) is 24.9 Å². The lowest BCUT2D eigenvalue weighted by Crippen LogP contribution is -2.27. The quantitative estimate of drug-likeness (QED) is 0.580. The number of nitro benzene ring substituents is 1. The van der Waals surface area contributed by atoms with Gasteiger partial charge in [-0.25, -0.2) is 0 Å². The van der Waals surface area contributed by atoms with Crippen LogP contribution in [0.15, 0.2) is 18.2 Å². The van der Waals surface area contributed by atoms with Crippen molar-refractivity contribution in [2.24, 2.45) is 0 Å². The average molecular weight is 266 g/mol. The van der Waals surface area contributed by atoms with Gasteiger partial charge in [0.2, 0.25) is 0 Å². The minimum Gasteiger partial charge on any atom is -0.395 e. The molecular weight excluding hydrogens is 244 g/mol. The maximum absolute atomic E-state index is 10.9. The van der Waals surface area contributed by atoms with Crippen molar-refractivity contribution in [2.45, 2.75) is 33.2 Å². The zero-order valence-corrected chi connectivity index (χ0v) is 11.6. The van der Waals surface area contributed by atoms with Crippen LogP contribution >= 0.6 is 0 Å². The number of benzene rings is 1. The van der Waals surface area contributed by atoms with Gasteiger partial charge in [0.1, 0.15) is 0 Å². The van der Waals surface area contributed by atoms with Crippen LogP contribution in [0.2, 0.25) is 0 Å². The van der Waals surface area contributed by atoms with E-state index in [2.05, 4.69) is 11.8 Å². The van der Waals surface area contributed by atoms with Gasteiger partial charge in [0.15, 0.2) is 0 Å². The van der Waals surface area contributed by atoms with Crippen molar-refractivity contribution in [3.05, 3.63) is 39.4 Å². The largest absolute Gasteiger partial charge is 0.395 e. The Morgan fingerprint density at radius 1 is 1.37 bits per heavy atom. The highest BCUT2D eigenvalue weighted by Gasteiger charge is 2.12. The van der Waals surface area contributed by atoms with Gasteiger partial charge < -0.3 is 5.11 Å². The average Bonchev–Trinajstić information content (AvgIpc) is 2.38. The van der Waals surface area contributed by atoms with E-state index in [1.54, 1.807) is 19.1 Å². The third-order valence-electron chi connectivity index (χ3n) is 3.12. The van der Waals surface area contributed by atoms with Crippen molar-refractivity contribution in [3.8, 4) is 0 Å². The Labute approximate surface area is 114 Å². The summed E-state index contributed by atoms with van der Waals surface area (Å²) in [7, 11) is 0. The molecule has 106 valence electrons. The molecule has 0 amide bonds. The molecule has 0 bridgehead atoms. The number of nitro groups is 1. The van der Waals surface area contributed by atoms with Gasteiger partial charge in [-0.05, 0) is 25.5 Å². The molecule has 0 fully saturated rings. The van der Waals surface area contributed by atoms with Crippen molar-refractivity contribution in [2.75, 3.05) is 19.7 Å². The molecule has 5 heteroatoms. The Bertz CT molecular complexity index is 421. The minimum atomic E-state index is -0.346. The molecule has 0 unspecified atom stereocenters. The summed E-state index contributed by atoms with van der Waals surface area (Å²) in [6, 6.07) is 5.33. The second kappa shape index (κ2) is 7.86. The van der Waals surface area contributed by atoms with Gasteiger partial charge in [0.05, 0.1) is 11.5 Å². The Kier molecular flexibility index (Phi) is 6.45. The topological polar surface area (TPSA) is 66.6 Å². The zero-order chi connectivity index (χ0) is 14.3. The first-order valence-corrected chi connectivity index (χ1v) is 6.65. The molecule has 1 rings (SSSR count). The van der Waals surface area contributed by atoms with Crippen molar-refractivity contribution < 1.29 is 10.0 Å². The minimum absolute atomic E-state index is 0.109. The van der Waals surface area contributed by atoms with Gasteiger partial charge in [0, 0.05) is 24.7 Å². The number of aryl methyl sites for hydroxylation is 1. The monoisotopic (exact) mass is 266 g/mol. The van der Waals surface area contributed by atoms with Crippen LogP contribution < -0.4 is 0 Å². The summed E-state index contributed by atoms with van der Waals surface area (Å²) in [5.74, 6) is 0. The van der Waals surface area contributed by atoms with Crippen molar-refractivity contribution in [3.63, 3.8) is 0 Å². The van der Waals surface area contributed by atoms with Gasteiger partial charge in [0.25, 0.3) is 5.69 Å². The van der Waals surface area contributed by atoms with Crippen LogP contribution in [-0.4, -0.2) is 34.6 Å². The van der Waals surface area contributed by atoms with Crippen molar-refractivity contribution >= 4 is 5.69 Å². The summed E-state index contributed by atoms with van der Waals surface area (Å²) in [4.78, 5) is 12.7. The molecule has 0 aromatic heterocycles. The van der Waals surface area contributed by atoms with E-state index in [1.807, 2.05) is 6.07 Å². The van der Waals surface area contributed by atoms with E-state index in [1.165, 1.54) is 0 Å². The van der Waals surface area contributed by atoms with E-state index in [4.69, 9.17) is 5.11 Å². The highest BCUT2D eigenvalue weighted by atomic mass is 16.6. The number of aliphatic hydroxyl groups excluding tert-OH is 1. The fraction of sp³-hybridized carbons (Fsp3) is 0.571. The lowest BCUT2D eigenvalue weighted by Gasteiger charge is -2.21. The second-order valence-electron chi connectivity index (χ2n) is 4.73. The predicted molar refractivity (Wildman–Crippen MR) is 75.1 cm³/mol. The number of nitrogens with zero attached hydrogens (tertiary/aromatic N) is 2. The standard InChI is InChI=1S/C14H22N2O3/c1-3-4-7-15(8-9-17)11-13-6-5-12(2)14(10-13)16(18)19/h5-6,10,17H,3-4,7-9,11H2,1-2H3. The molecule has 0 saturated heterocycles. The third-order valence-corrected chi connectivity index (χ3v) is 3.12. The molecule has 0 saturated carbocycles. The highest BCUT2D eigenvalue weighted by molar-refractivity contribution is 5.42.